The maximum atomic E-state index is 11.5. The number of carbonyl (C=O) groups is 1. The number of aryl methyl sites for hydroxylation is 2. The third-order valence-corrected chi connectivity index (χ3v) is 6.46. The molecule has 2 aromatic carbocycles. The molecule has 34 heavy (non-hydrogen) atoms. The van der Waals surface area contributed by atoms with Crippen LogP contribution in [0, 0.1) is 6.92 Å². The Morgan fingerprint density at radius 3 is 2.12 bits per heavy atom. The number of aromatic carboxylic acids is 1. The topological polar surface area (TPSA) is 59.4 Å². The number of hydrogen-bond acceptors (Lipinski definition) is 3. The maximum Gasteiger partial charge on any atom is 0.354 e. The highest BCUT2D eigenvalue weighted by molar-refractivity contribution is 5.94. The summed E-state index contributed by atoms with van der Waals surface area (Å²) in [7, 11) is 0. The van der Waals surface area contributed by atoms with Gasteiger partial charge in [-0.05, 0) is 42.5 Å². The number of unbranched alkanes of at least 4 members (excludes halogenated alkanes) is 9. The Labute approximate surface area is 204 Å². The number of pyridine rings is 1. The molecule has 0 atom stereocenters. The quantitative estimate of drug-likeness (QED) is 0.231. The minimum absolute atomic E-state index is 0.00337. The fourth-order valence-electron chi connectivity index (χ4n) is 4.37. The molecule has 1 N–H and O–H groups in total. The standard InChI is InChI=1S/C30H39NO3/c1-3-4-5-6-7-8-9-10-11-12-15-24-17-19-25(20-18-24)22-34-28-21-27(30(32)33)31-29-23(2)14-13-16-26(28)29/h13-14,16-21H,3-12,15,22H2,1-2H3,(H,32,33). The SMILES string of the molecule is CCCCCCCCCCCCc1ccc(COc2cc(C(=O)O)nc3c(C)cccc23)cc1. The summed E-state index contributed by atoms with van der Waals surface area (Å²) in [6.07, 6.45) is 14.7. The van der Waals surface area contributed by atoms with E-state index in [0.29, 0.717) is 17.9 Å². The average Bonchev–Trinajstić information content (AvgIpc) is 2.84. The van der Waals surface area contributed by atoms with Gasteiger partial charge in [0.05, 0.1) is 5.52 Å². The van der Waals surface area contributed by atoms with E-state index in [4.69, 9.17) is 4.74 Å². The van der Waals surface area contributed by atoms with E-state index in [1.54, 1.807) is 0 Å². The summed E-state index contributed by atoms with van der Waals surface area (Å²) in [5.74, 6) is -0.494. The Bertz CT molecular complexity index is 1040. The van der Waals surface area contributed by atoms with E-state index in [-0.39, 0.29) is 5.69 Å². The van der Waals surface area contributed by atoms with Crippen LogP contribution in [0.5, 0.6) is 5.75 Å². The molecule has 0 unspecified atom stereocenters. The van der Waals surface area contributed by atoms with Gasteiger partial charge in [-0.1, -0.05) is 101 Å². The minimum Gasteiger partial charge on any atom is -0.488 e. The highest BCUT2D eigenvalue weighted by Gasteiger charge is 2.13. The van der Waals surface area contributed by atoms with E-state index in [0.717, 1.165) is 22.9 Å². The van der Waals surface area contributed by atoms with Crippen LogP contribution in [-0.2, 0) is 13.0 Å². The highest BCUT2D eigenvalue weighted by atomic mass is 16.5. The number of hydrogen-bond donors (Lipinski definition) is 1. The second kappa shape index (κ2) is 13.7. The molecule has 0 saturated carbocycles. The Morgan fingerprint density at radius 2 is 1.47 bits per heavy atom. The molecule has 0 radical (unpaired) electrons. The van der Waals surface area contributed by atoms with Crippen molar-refractivity contribution in [2.75, 3.05) is 0 Å². The van der Waals surface area contributed by atoms with Gasteiger partial charge in [0.1, 0.15) is 12.4 Å². The second-order valence-electron chi connectivity index (χ2n) is 9.32. The van der Waals surface area contributed by atoms with Crippen LogP contribution in [0.25, 0.3) is 10.9 Å². The molecule has 182 valence electrons. The van der Waals surface area contributed by atoms with Gasteiger partial charge >= 0.3 is 5.97 Å². The van der Waals surface area contributed by atoms with E-state index in [2.05, 4.69) is 36.2 Å². The first-order valence-electron chi connectivity index (χ1n) is 12.9. The number of para-hydroxylation sites is 1. The molecule has 0 aliphatic heterocycles. The fourth-order valence-corrected chi connectivity index (χ4v) is 4.37. The predicted octanol–water partition coefficient (Wildman–Crippen LogP) is 8.28. The van der Waals surface area contributed by atoms with Crippen LogP contribution in [0.3, 0.4) is 0 Å². The lowest BCUT2D eigenvalue weighted by Gasteiger charge is -2.12. The lowest BCUT2D eigenvalue weighted by molar-refractivity contribution is 0.0690. The van der Waals surface area contributed by atoms with Crippen molar-refractivity contribution in [3.63, 3.8) is 0 Å². The van der Waals surface area contributed by atoms with Gasteiger partial charge in [0, 0.05) is 11.5 Å². The van der Waals surface area contributed by atoms with Crippen molar-refractivity contribution in [3.8, 4) is 5.75 Å². The Kier molecular flexibility index (Phi) is 10.4. The van der Waals surface area contributed by atoms with Crippen LogP contribution in [0.1, 0.15) is 98.3 Å². The molecule has 1 aromatic heterocycles. The van der Waals surface area contributed by atoms with Crippen LogP contribution in [0.2, 0.25) is 0 Å². The summed E-state index contributed by atoms with van der Waals surface area (Å²) in [6.45, 7) is 4.59. The number of benzene rings is 2. The summed E-state index contributed by atoms with van der Waals surface area (Å²) in [5.41, 5.74) is 4.04. The molecule has 3 rings (SSSR count). The average molecular weight is 462 g/mol. The smallest absolute Gasteiger partial charge is 0.354 e. The van der Waals surface area contributed by atoms with Gasteiger partial charge in [0.2, 0.25) is 0 Å². The zero-order valence-electron chi connectivity index (χ0n) is 20.8. The van der Waals surface area contributed by atoms with Crippen molar-refractivity contribution >= 4 is 16.9 Å². The van der Waals surface area contributed by atoms with Crippen molar-refractivity contribution in [1.82, 2.24) is 4.98 Å². The van der Waals surface area contributed by atoms with Crippen molar-refractivity contribution in [3.05, 3.63) is 70.9 Å². The number of carboxylic acids is 1. The van der Waals surface area contributed by atoms with Crippen LogP contribution in [-0.4, -0.2) is 16.1 Å². The third kappa shape index (κ3) is 7.86. The van der Waals surface area contributed by atoms with Crippen molar-refractivity contribution in [2.24, 2.45) is 0 Å². The lowest BCUT2D eigenvalue weighted by atomic mass is 10.0. The number of ether oxygens (including phenoxy) is 1. The first kappa shape index (κ1) is 25.7. The molecule has 0 aliphatic carbocycles. The van der Waals surface area contributed by atoms with Gasteiger partial charge in [0.25, 0.3) is 0 Å². The summed E-state index contributed by atoms with van der Waals surface area (Å²) < 4.78 is 6.05. The van der Waals surface area contributed by atoms with Crippen LogP contribution in [0.4, 0.5) is 0 Å². The molecule has 0 amide bonds. The normalized spacial score (nSPS) is 11.1. The summed E-state index contributed by atoms with van der Waals surface area (Å²) in [4.78, 5) is 15.8. The zero-order chi connectivity index (χ0) is 24.2. The van der Waals surface area contributed by atoms with E-state index in [1.165, 1.54) is 75.8 Å². The molecule has 0 bridgehead atoms. The molecule has 0 spiro atoms. The second-order valence-corrected chi connectivity index (χ2v) is 9.32. The van der Waals surface area contributed by atoms with Crippen LogP contribution >= 0.6 is 0 Å². The van der Waals surface area contributed by atoms with Crippen molar-refractivity contribution in [2.45, 2.75) is 91.1 Å². The summed E-state index contributed by atoms with van der Waals surface area (Å²) >= 11 is 0. The Hall–Kier alpha value is -2.88. The lowest BCUT2D eigenvalue weighted by Crippen LogP contribution is -2.04. The third-order valence-electron chi connectivity index (χ3n) is 6.46. The van der Waals surface area contributed by atoms with E-state index >= 15 is 0 Å². The van der Waals surface area contributed by atoms with E-state index < -0.39 is 5.97 Å². The monoisotopic (exact) mass is 461 g/mol. The molecule has 0 fully saturated rings. The molecule has 0 aliphatic rings. The Balaban J connectivity index is 1.44. The largest absolute Gasteiger partial charge is 0.488 e. The van der Waals surface area contributed by atoms with Gasteiger partial charge < -0.3 is 9.84 Å². The number of nitrogens with zero attached hydrogens (tertiary/aromatic N) is 1. The molecular formula is C30H39NO3. The molecule has 4 heteroatoms. The first-order chi connectivity index (χ1) is 16.6. The summed E-state index contributed by atoms with van der Waals surface area (Å²) in [6, 6.07) is 15.9. The number of rotatable bonds is 15. The molecule has 4 nitrogen and oxygen atoms in total. The minimum atomic E-state index is -1.05. The number of carboxylic acid groups (broad SMARTS) is 1. The van der Waals surface area contributed by atoms with E-state index in [1.807, 2.05) is 25.1 Å². The van der Waals surface area contributed by atoms with Gasteiger partial charge in [-0.15, -0.1) is 0 Å². The highest BCUT2D eigenvalue weighted by Crippen LogP contribution is 2.28. The first-order valence-corrected chi connectivity index (χ1v) is 12.9. The van der Waals surface area contributed by atoms with Crippen LogP contribution < -0.4 is 4.74 Å². The maximum absolute atomic E-state index is 11.5. The number of aromatic nitrogens is 1. The fraction of sp³-hybridized carbons (Fsp3) is 0.467. The predicted molar refractivity (Wildman–Crippen MR) is 140 cm³/mol. The van der Waals surface area contributed by atoms with Crippen molar-refractivity contribution < 1.29 is 14.6 Å². The van der Waals surface area contributed by atoms with Crippen LogP contribution in [0.15, 0.2) is 48.5 Å². The van der Waals surface area contributed by atoms with Gasteiger partial charge in [-0.2, -0.15) is 0 Å². The van der Waals surface area contributed by atoms with Crippen molar-refractivity contribution in [1.29, 1.82) is 0 Å². The molecular weight excluding hydrogens is 422 g/mol. The van der Waals surface area contributed by atoms with Gasteiger partial charge in [-0.25, -0.2) is 9.78 Å². The zero-order valence-corrected chi connectivity index (χ0v) is 20.8. The van der Waals surface area contributed by atoms with Gasteiger partial charge in [-0.3, -0.25) is 0 Å². The van der Waals surface area contributed by atoms with Gasteiger partial charge in [0.15, 0.2) is 5.69 Å². The number of fused-ring (bicyclic) bond motifs is 1. The Morgan fingerprint density at radius 1 is 0.853 bits per heavy atom. The van der Waals surface area contributed by atoms with E-state index in [9.17, 15) is 9.90 Å². The molecule has 1 heterocycles. The molecule has 0 saturated heterocycles. The summed E-state index contributed by atoms with van der Waals surface area (Å²) in [5, 5.41) is 10.3. The molecule has 3 aromatic rings.